The summed E-state index contributed by atoms with van der Waals surface area (Å²) in [7, 11) is 2.16. The van der Waals surface area contributed by atoms with Crippen LogP contribution in [0, 0.1) is 0 Å². The van der Waals surface area contributed by atoms with Crippen LogP contribution in [-0.2, 0) is 0 Å². The molecular weight excluding hydrogens is 448 g/mol. The highest BCUT2D eigenvalue weighted by molar-refractivity contribution is 6.19. The molecule has 5 aromatic carbocycles. The number of hydrogen-bond acceptors (Lipinski definition) is 2. The molecule has 0 N–H and O–H groups in total. The zero-order valence-electron chi connectivity index (χ0n) is 20.7. The molecule has 0 bridgehead atoms. The lowest BCUT2D eigenvalue weighted by Gasteiger charge is -2.29. The van der Waals surface area contributed by atoms with Crippen molar-refractivity contribution in [3.05, 3.63) is 145 Å². The van der Waals surface area contributed by atoms with Crippen molar-refractivity contribution in [2.24, 2.45) is 0 Å². The van der Waals surface area contributed by atoms with E-state index in [1.165, 1.54) is 60.1 Å². The molecule has 1 atom stereocenters. The highest BCUT2D eigenvalue weighted by Crippen LogP contribution is 2.43. The quantitative estimate of drug-likeness (QED) is 0.238. The van der Waals surface area contributed by atoms with Gasteiger partial charge >= 0.3 is 0 Å². The second kappa shape index (κ2) is 8.76. The largest absolute Gasteiger partial charge is 0.369 e. The van der Waals surface area contributed by atoms with E-state index in [0.29, 0.717) is 0 Å². The second-order valence-electron chi connectivity index (χ2n) is 9.74. The van der Waals surface area contributed by atoms with Crippen LogP contribution in [0.1, 0.15) is 17.2 Å². The van der Waals surface area contributed by atoms with Gasteiger partial charge in [-0.2, -0.15) is 0 Å². The number of hydrogen-bond donors (Lipinski definition) is 0. The number of fused-ring (bicyclic) bond motifs is 3. The fraction of sp³-hybridized carbons (Fsp3) is 0.0571. The number of pyridine rings is 1. The molecule has 2 heteroatoms. The topological polar surface area (TPSA) is 16.1 Å². The van der Waals surface area contributed by atoms with Gasteiger partial charge in [0.15, 0.2) is 0 Å². The number of nitrogens with zero attached hydrogens (tertiary/aromatic N) is 2. The van der Waals surface area contributed by atoms with E-state index in [4.69, 9.17) is 0 Å². The summed E-state index contributed by atoms with van der Waals surface area (Å²) in [5.41, 5.74) is 6.30. The fourth-order valence-electron chi connectivity index (χ4n) is 5.82. The van der Waals surface area contributed by atoms with Crippen LogP contribution in [0.25, 0.3) is 49.0 Å². The maximum absolute atomic E-state index is 4.19. The van der Waals surface area contributed by atoms with Gasteiger partial charge in [0.25, 0.3) is 0 Å². The van der Waals surface area contributed by atoms with Crippen LogP contribution >= 0.6 is 0 Å². The maximum atomic E-state index is 4.19. The lowest BCUT2D eigenvalue weighted by atomic mass is 9.85. The molecule has 6 aromatic rings. The Morgan fingerprint density at radius 2 is 1.22 bits per heavy atom. The number of benzene rings is 5. The molecule has 2 nitrogen and oxygen atoms in total. The van der Waals surface area contributed by atoms with E-state index in [9.17, 15) is 0 Å². The summed E-state index contributed by atoms with van der Waals surface area (Å²) < 4.78 is 0. The SMILES string of the molecule is CN1C=C(c2c3ccccc3c(-c3ccc4ccccc4c3)c3ccccc23)C=CC1c1ccncc1. The normalized spacial score (nSPS) is 15.4. The van der Waals surface area contributed by atoms with Gasteiger partial charge in [0.2, 0.25) is 0 Å². The first-order valence-corrected chi connectivity index (χ1v) is 12.7. The Balaban J connectivity index is 1.47. The predicted molar refractivity (Wildman–Crippen MR) is 156 cm³/mol. The van der Waals surface area contributed by atoms with Gasteiger partial charge in [-0.05, 0) is 78.3 Å². The minimum Gasteiger partial charge on any atom is -0.369 e. The minimum absolute atomic E-state index is 0.196. The number of allylic oxidation sites excluding steroid dienone is 2. The third-order valence-electron chi connectivity index (χ3n) is 7.55. The van der Waals surface area contributed by atoms with Crippen LogP contribution in [-0.4, -0.2) is 16.9 Å². The van der Waals surface area contributed by atoms with E-state index in [2.05, 4.69) is 138 Å². The zero-order chi connectivity index (χ0) is 24.8. The fourth-order valence-corrected chi connectivity index (χ4v) is 5.82. The lowest BCUT2D eigenvalue weighted by molar-refractivity contribution is 0.392. The van der Waals surface area contributed by atoms with Gasteiger partial charge in [-0.3, -0.25) is 4.98 Å². The monoisotopic (exact) mass is 474 g/mol. The number of rotatable bonds is 3. The van der Waals surface area contributed by atoms with Crippen LogP contribution in [0.5, 0.6) is 0 Å². The molecular formula is C35H26N2. The molecule has 1 aromatic heterocycles. The molecule has 0 fully saturated rings. The minimum atomic E-state index is 0.196. The van der Waals surface area contributed by atoms with Crippen molar-refractivity contribution in [2.45, 2.75) is 6.04 Å². The standard InChI is InChI=1S/C35H26N2/c1-37-23-28(16-17-33(37)25-18-20-36-21-19-25)35-31-12-6-4-10-29(31)34(30-11-5-7-13-32(30)35)27-15-14-24-8-2-3-9-26(24)22-27/h2-23,33H,1H3. The van der Waals surface area contributed by atoms with Crippen LogP contribution in [0.3, 0.4) is 0 Å². The maximum Gasteiger partial charge on any atom is 0.0722 e. The van der Waals surface area contributed by atoms with Crippen molar-refractivity contribution in [3.8, 4) is 11.1 Å². The first-order valence-electron chi connectivity index (χ1n) is 12.7. The van der Waals surface area contributed by atoms with Gasteiger partial charge in [-0.25, -0.2) is 0 Å². The zero-order valence-corrected chi connectivity index (χ0v) is 20.7. The molecule has 0 aliphatic carbocycles. The number of likely N-dealkylation sites (N-methyl/N-ethyl adjacent to an activating group) is 1. The first kappa shape index (κ1) is 21.6. The predicted octanol–water partition coefficient (Wildman–Crippen LogP) is 8.79. The van der Waals surface area contributed by atoms with Gasteiger partial charge in [-0.1, -0.05) is 97.1 Å². The molecule has 1 aliphatic heterocycles. The first-order chi connectivity index (χ1) is 18.3. The third kappa shape index (κ3) is 3.61. The van der Waals surface area contributed by atoms with Crippen molar-refractivity contribution in [2.75, 3.05) is 7.05 Å². The molecule has 0 spiro atoms. The molecule has 2 heterocycles. The lowest BCUT2D eigenvalue weighted by Crippen LogP contribution is -2.20. The van der Waals surface area contributed by atoms with Crippen LogP contribution in [0.4, 0.5) is 0 Å². The van der Waals surface area contributed by atoms with Crippen molar-refractivity contribution in [1.29, 1.82) is 0 Å². The van der Waals surface area contributed by atoms with Crippen molar-refractivity contribution in [1.82, 2.24) is 9.88 Å². The summed E-state index contributed by atoms with van der Waals surface area (Å²) >= 11 is 0. The second-order valence-corrected chi connectivity index (χ2v) is 9.74. The molecule has 0 radical (unpaired) electrons. The van der Waals surface area contributed by atoms with Crippen molar-refractivity contribution < 1.29 is 0 Å². The molecule has 7 rings (SSSR count). The van der Waals surface area contributed by atoms with Crippen LogP contribution < -0.4 is 0 Å². The van der Waals surface area contributed by atoms with Gasteiger partial charge in [0.05, 0.1) is 6.04 Å². The molecule has 0 amide bonds. The third-order valence-corrected chi connectivity index (χ3v) is 7.55. The van der Waals surface area contributed by atoms with Crippen LogP contribution in [0.2, 0.25) is 0 Å². The van der Waals surface area contributed by atoms with E-state index in [0.717, 1.165) is 0 Å². The molecule has 37 heavy (non-hydrogen) atoms. The Bertz CT molecular complexity index is 1790. The Labute approximate surface area is 216 Å². The van der Waals surface area contributed by atoms with Gasteiger partial charge in [0.1, 0.15) is 0 Å². The smallest absolute Gasteiger partial charge is 0.0722 e. The van der Waals surface area contributed by atoms with Gasteiger partial charge < -0.3 is 4.90 Å². The Hall–Kier alpha value is -4.69. The van der Waals surface area contributed by atoms with E-state index in [1.807, 2.05) is 12.4 Å². The highest BCUT2D eigenvalue weighted by atomic mass is 15.1. The van der Waals surface area contributed by atoms with E-state index in [-0.39, 0.29) is 6.04 Å². The summed E-state index contributed by atoms with van der Waals surface area (Å²) in [5.74, 6) is 0. The molecule has 176 valence electrons. The molecule has 0 saturated heterocycles. The van der Waals surface area contributed by atoms with Crippen molar-refractivity contribution >= 4 is 37.9 Å². The summed E-state index contributed by atoms with van der Waals surface area (Å²) in [4.78, 5) is 6.49. The number of aromatic nitrogens is 1. The molecule has 0 saturated carbocycles. The molecule has 1 unspecified atom stereocenters. The van der Waals surface area contributed by atoms with E-state index >= 15 is 0 Å². The van der Waals surface area contributed by atoms with Crippen molar-refractivity contribution in [3.63, 3.8) is 0 Å². The Morgan fingerprint density at radius 3 is 1.86 bits per heavy atom. The molecule has 1 aliphatic rings. The Morgan fingerprint density at radius 1 is 0.622 bits per heavy atom. The Kier molecular flexibility index (Phi) is 5.11. The van der Waals surface area contributed by atoms with E-state index < -0.39 is 0 Å². The van der Waals surface area contributed by atoms with E-state index in [1.54, 1.807) is 0 Å². The summed E-state index contributed by atoms with van der Waals surface area (Å²) in [6.45, 7) is 0. The highest BCUT2D eigenvalue weighted by Gasteiger charge is 2.21. The van der Waals surface area contributed by atoms with Gasteiger partial charge in [0, 0.05) is 25.6 Å². The van der Waals surface area contributed by atoms with Crippen LogP contribution in [0.15, 0.2) is 134 Å². The average Bonchev–Trinajstić information content (AvgIpc) is 2.96. The summed E-state index contributed by atoms with van der Waals surface area (Å²) in [6, 6.07) is 37.5. The summed E-state index contributed by atoms with van der Waals surface area (Å²) in [6.07, 6.45) is 10.6. The summed E-state index contributed by atoms with van der Waals surface area (Å²) in [5, 5.41) is 7.63. The van der Waals surface area contributed by atoms with Gasteiger partial charge in [-0.15, -0.1) is 0 Å². The average molecular weight is 475 g/mol.